The monoisotopic (exact) mass is 375 g/mol. The van der Waals surface area contributed by atoms with Crippen LogP contribution in [0.2, 0.25) is 0 Å². The highest BCUT2D eigenvalue weighted by Crippen LogP contribution is 2.27. The molecular formula is C18H21N3O6. The van der Waals surface area contributed by atoms with Gasteiger partial charge in [-0.3, -0.25) is 10.1 Å². The van der Waals surface area contributed by atoms with Gasteiger partial charge in [-0.05, 0) is 30.7 Å². The number of ether oxygens (including phenoxy) is 3. The third-order valence-corrected chi connectivity index (χ3v) is 3.84. The minimum Gasteiger partial charge on any atom is -0.493 e. The number of aromatic nitrogens is 1. The van der Waals surface area contributed by atoms with Crippen LogP contribution < -0.4 is 14.8 Å². The normalized spacial score (nSPS) is 11.4. The molecular weight excluding hydrogens is 354 g/mol. The second-order valence-corrected chi connectivity index (χ2v) is 5.58. The summed E-state index contributed by atoms with van der Waals surface area (Å²) in [5, 5.41) is 13.7. The molecule has 0 amide bonds. The van der Waals surface area contributed by atoms with Crippen molar-refractivity contribution in [2.24, 2.45) is 0 Å². The molecule has 0 saturated carbocycles. The minimum atomic E-state index is -0.515. The van der Waals surface area contributed by atoms with Crippen molar-refractivity contribution < 1.29 is 23.9 Å². The maximum Gasteiger partial charge on any atom is 0.338 e. The average molecular weight is 375 g/mol. The molecule has 2 aromatic rings. The lowest BCUT2D eigenvalue weighted by atomic mass is 10.2. The van der Waals surface area contributed by atoms with Gasteiger partial charge in [0.1, 0.15) is 18.6 Å². The number of carbonyl (C=O) groups is 1. The molecule has 0 aliphatic carbocycles. The van der Waals surface area contributed by atoms with Crippen LogP contribution in [0.15, 0.2) is 36.5 Å². The number of carbonyl (C=O) groups excluding carboxylic acids is 1. The second kappa shape index (κ2) is 9.37. The van der Waals surface area contributed by atoms with Crippen LogP contribution in [-0.2, 0) is 4.74 Å². The van der Waals surface area contributed by atoms with E-state index in [2.05, 4.69) is 10.3 Å². The largest absolute Gasteiger partial charge is 0.493 e. The number of pyridine rings is 1. The molecule has 1 N–H and O–H groups in total. The molecule has 0 bridgehead atoms. The summed E-state index contributed by atoms with van der Waals surface area (Å²) in [6.45, 7) is 2.04. The molecule has 1 atom stereocenters. The Morgan fingerprint density at radius 2 is 1.96 bits per heavy atom. The van der Waals surface area contributed by atoms with E-state index in [1.54, 1.807) is 18.2 Å². The topological polar surface area (TPSA) is 113 Å². The molecule has 27 heavy (non-hydrogen) atoms. The Morgan fingerprint density at radius 3 is 2.52 bits per heavy atom. The first kappa shape index (κ1) is 20.0. The van der Waals surface area contributed by atoms with Gasteiger partial charge >= 0.3 is 5.97 Å². The Kier molecular flexibility index (Phi) is 6.93. The molecule has 0 saturated heterocycles. The zero-order chi connectivity index (χ0) is 19.8. The van der Waals surface area contributed by atoms with Gasteiger partial charge in [-0.1, -0.05) is 6.92 Å². The van der Waals surface area contributed by atoms with E-state index >= 15 is 0 Å². The number of rotatable bonds is 9. The second-order valence-electron chi connectivity index (χ2n) is 5.58. The van der Waals surface area contributed by atoms with Crippen LogP contribution in [0.3, 0.4) is 0 Å². The first-order valence-electron chi connectivity index (χ1n) is 8.24. The van der Waals surface area contributed by atoms with Crippen molar-refractivity contribution >= 4 is 17.5 Å². The Bertz CT molecular complexity index is 794. The van der Waals surface area contributed by atoms with Gasteiger partial charge in [-0.25, -0.2) is 9.78 Å². The van der Waals surface area contributed by atoms with Crippen molar-refractivity contribution in [1.29, 1.82) is 0 Å². The molecule has 0 aliphatic heterocycles. The molecule has 1 heterocycles. The van der Waals surface area contributed by atoms with Gasteiger partial charge < -0.3 is 19.5 Å². The van der Waals surface area contributed by atoms with E-state index in [4.69, 9.17) is 14.2 Å². The van der Waals surface area contributed by atoms with Crippen molar-refractivity contribution in [3.8, 4) is 11.5 Å². The first-order chi connectivity index (χ1) is 13.0. The van der Waals surface area contributed by atoms with Crippen molar-refractivity contribution in [2.45, 2.75) is 19.4 Å². The number of anilines is 1. The number of esters is 1. The third-order valence-electron chi connectivity index (χ3n) is 3.84. The Labute approximate surface area is 156 Å². The Morgan fingerprint density at radius 1 is 1.22 bits per heavy atom. The minimum absolute atomic E-state index is 0.0894. The van der Waals surface area contributed by atoms with Crippen LogP contribution in [0.4, 0.5) is 11.5 Å². The molecule has 1 aromatic heterocycles. The molecule has 9 heteroatoms. The number of nitrogens with one attached hydrogen (secondary N) is 1. The summed E-state index contributed by atoms with van der Waals surface area (Å²) < 4.78 is 15.7. The fourth-order valence-electron chi connectivity index (χ4n) is 2.27. The highest BCUT2D eigenvalue weighted by molar-refractivity contribution is 5.90. The van der Waals surface area contributed by atoms with E-state index < -0.39 is 10.9 Å². The van der Waals surface area contributed by atoms with Gasteiger partial charge in [0.15, 0.2) is 11.5 Å². The first-order valence-corrected chi connectivity index (χ1v) is 8.24. The van der Waals surface area contributed by atoms with E-state index in [9.17, 15) is 14.9 Å². The van der Waals surface area contributed by atoms with Crippen LogP contribution in [0.1, 0.15) is 23.7 Å². The molecule has 0 aliphatic rings. The summed E-state index contributed by atoms with van der Waals surface area (Å²) in [6.07, 6.45) is 1.84. The predicted molar refractivity (Wildman–Crippen MR) is 98.4 cm³/mol. The maximum absolute atomic E-state index is 12.3. The Hall–Kier alpha value is -3.36. The number of hydrogen-bond acceptors (Lipinski definition) is 8. The SMILES string of the molecule is CCC(COC(=O)c1ccc(OC)c(OC)c1)Nc1ccc([N+](=O)[O-])cn1. The number of benzene rings is 1. The lowest BCUT2D eigenvalue weighted by molar-refractivity contribution is -0.385. The molecule has 1 unspecified atom stereocenters. The fraction of sp³-hybridized carbons (Fsp3) is 0.333. The van der Waals surface area contributed by atoms with Crippen LogP contribution in [0.25, 0.3) is 0 Å². The van der Waals surface area contributed by atoms with E-state index in [1.807, 2.05) is 6.92 Å². The third kappa shape index (κ3) is 5.30. The van der Waals surface area contributed by atoms with Crippen LogP contribution >= 0.6 is 0 Å². The predicted octanol–water partition coefficient (Wildman–Crippen LogP) is 3.05. The average Bonchev–Trinajstić information content (AvgIpc) is 2.70. The lowest BCUT2D eigenvalue weighted by Gasteiger charge is -2.17. The summed E-state index contributed by atoms with van der Waals surface area (Å²) in [5.74, 6) is 0.932. The standard InChI is InChI=1S/C18H21N3O6/c1-4-13(20-17-8-6-14(10-19-17)21(23)24)11-27-18(22)12-5-7-15(25-2)16(9-12)26-3/h5-10,13H,4,11H2,1-3H3,(H,19,20). The molecule has 0 fully saturated rings. The molecule has 0 spiro atoms. The number of hydrogen-bond donors (Lipinski definition) is 1. The van der Waals surface area contributed by atoms with E-state index in [1.165, 1.54) is 32.5 Å². The van der Waals surface area contributed by atoms with Crippen molar-refractivity contribution in [3.63, 3.8) is 0 Å². The summed E-state index contributed by atoms with van der Waals surface area (Å²) in [5.41, 5.74) is 0.254. The van der Waals surface area contributed by atoms with Gasteiger partial charge in [-0.15, -0.1) is 0 Å². The summed E-state index contributed by atoms with van der Waals surface area (Å²) >= 11 is 0. The van der Waals surface area contributed by atoms with Gasteiger partial charge in [0.05, 0.1) is 30.7 Å². The highest BCUT2D eigenvalue weighted by atomic mass is 16.6. The molecule has 0 radical (unpaired) electrons. The van der Waals surface area contributed by atoms with Gasteiger partial charge in [0.2, 0.25) is 0 Å². The fourth-order valence-corrected chi connectivity index (χ4v) is 2.27. The van der Waals surface area contributed by atoms with Crippen LogP contribution in [-0.4, -0.2) is 42.7 Å². The van der Waals surface area contributed by atoms with E-state index in [0.717, 1.165) is 0 Å². The zero-order valence-corrected chi connectivity index (χ0v) is 15.3. The Balaban J connectivity index is 1.96. The quantitative estimate of drug-likeness (QED) is 0.404. The summed E-state index contributed by atoms with van der Waals surface area (Å²) in [6, 6.07) is 7.45. The highest BCUT2D eigenvalue weighted by Gasteiger charge is 2.15. The summed E-state index contributed by atoms with van der Waals surface area (Å²) in [4.78, 5) is 26.4. The number of nitro groups is 1. The van der Waals surface area contributed by atoms with E-state index in [0.29, 0.717) is 29.3 Å². The van der Waals surface area contributed by atoms with Crippen molar-refractivity contribution in [3.05, 3.63) is 52.2 Å². The van der Waals surface area contributed by atoms with Gasteiger partial charge in [0, 0.05) is 6.07 Å². The lowest BCUT2D eigenvalue weighted by Crippen LogP contribution is -2.26. The molecule has 1 aromatic carbocycles. The van der Waals surface area contributed by atoms with Crippen molar-refractivity contribution in [2.75, 3.05) is 26.1 Å². The molecule has 144 valence electrons. The zero-order valence-electron chi connectivity index (χ0n) is 15.3. The van der Waals surface area contributed by atoms with Crippen LogP contribution in [0, 0.1) is 10.1 Å². The molecule has 2 rings (SSSR count). The van der Waals surface area contributed by atoms with Gasteiger partial charge in [-0.2, -0.15) is 0 Å². The van der Waals surface area contributed by atoms with E-state index in [-0.39, 0.29) is 18.3 Å². The van der Waals surface area contributed by atoms with Gasteiger partial charge in [0.25, 0.3) is 5.69 Å². The summed E-state index contributed by atoms with van der Waals surface area (Å²) in [7, 11) is 3.00. The van der Waals surface area contributed by atoms with Crippen LogP contribution in [0.5, 0.6) is 11.5 Å². The maximum atomic E-state index is 12.3. The van der Waals surface area contributed by atoms with Crippen molar-refractivity contribution in [1.82, 2.24) is 4.98 Å². The smallest absolute Gasteiger partial charge is 0.338 e. The number of methoxy groups -OCH3 is 2. The number of nitrogens with zero attached hydrogens (tertiary/aromatic N) is 2. The molecule has 9 nitrogen and oxygen atoms in total.